The number of rotatable bonds is 5. The van der Waals surface area contributed by atoms with Gasteiger partial charge < -0.3 is 14.4 Å². The molecule has 0 spiro atoms. The Balaban J connectivity index is 2.04. The molecule has 0 unspecified atom stereocenters. The van der Waals surface area contributed by atoms with Crippen LogP contribution in [0.1, 0.15) is 34.7 Å². The summed E-state index contributed by atoms with van der Waals surface area (Å²) in [5.74, 6) is -0.967. The van der Waals surface area contributed by atoms with Crippen molar-refractivity contribution in [3.05, 3.63) is 23.2 Å². The number of hydrogen-bond acceptors (Lipinski definition) is 5. The number of sulfonamides is 1. The number of piperidine rings is 1. The van der Waals surface area contributed by atoms with Crippen LogP contribution in [0.5, 0.6) is 0 Å². The Morgan fingerprint density at radius 1 is 1.46 bits per heavy atom. The number of nitrogens with zero attached hydrogens (tertiary/aromatic N) is 2. The van der Waals surface area contributed by atoms with Gasteiger partial charge in [-0.3, -0.25) is 4.79 Å². The first-order valence-electron chi connectivity index (χ1n) is 7.62. The zero-order valence-electron chi connectivity index (χ0n) is 14.0. The zero-order valence-corrected chi connectivity index (χ0v) is 14.8. The summed E-state index contributed by atoms with van der Waals surface area (Å²) in [6.45, 7) is 2.31. The van der Waals surface area contributed by atoms with E-state index in [1.807, 2.05) is 0 Å². The van der Waals surface area contributed by atoms with Gasteiger partial charge in [0.1, 0.15) is 17.1 Å². The minimum absolute atomic E-state index is 0.0757. The molecule has 0 saturated carbocycles. The van der Waals surface area contributed by atoms with Crippen LogP contribution in [0.15, 0.2) is 10.5 Å². The van der Waals surface area contributed by atoms with Crippen LogP contribution in [0.4, 0.5) is 0 Å². The Morgan fingerprint density at radius 2 is 2.12 bits per heavy atom. The largest absolute Gasteiger partial charge is 0.478 e. The van der Waals surface area contributed by atoms with Crippen molar-refractivity contribution in [2.24, 2.45) is 5.92 Å². The molecule has 1 aliphatic heterocycles. The van der Waals surface area contributed by atoms with E-state index in [2.05, 4.69) is 0 Å². The van der Waals surface area contributed by atoms with E-state index in [-0.39, 0.29) is 24.6 Å². The number of carboxylic acids is 1. The second kappa shape index (κ2) is 6.94. The summed E-state index contributed by atoms with van der Waals surface area (Å²) in [5.41, 5.74) is 0.0757. The molecule has 1 atom stereocenters. The Labute approximate surface area is 141 Å². The summed E-state index contributed by atoms with van der Waals surface area (Å²) in [6, 6.07) is 1.41. The number of carbonyl (C=O) groups excluding carboxylic acids is 1. The Kier molecular flexibility index (Phi) is 5.34. The Bertz CT molecular complexity index is 739. The molecule has 2 heterocycles. The SMILES string of the molecule is Cc1oc(CN(C)C(=O)[C@H]2CCCN(S(C)(=O)=O)C2)cc1C(=O)O. The van der Waals surface area contributed by atoms with E-state index in [0.717, 1.165) is 6.26 Å². The summed E-state index contributed by atoms with van der Waals surface area (Å²) in [6.07, 6.45) is 2.41. The van der Waals surface area contributed by atoms with Crippen LogP contribution in [0.2, 0.25) is 0 Å². The molecule has 1 fully saturated rings. The minimum atomic E-state index is -3.31. The van der Waals surface area contributed by atoms with E-state index >= 15 is 0 Å². The highest BCUT2D eigenvalue weighted by Gasteiger charge is 2.32. The second-order valence-corrected chi connectivity index (χ2v) is 8.12. The van der Waals surface area contributed by atoms with Crippen molar-refractivity contribution in [3.63, 3.8) is 0 Å². The predicted octanol–water partition coefficient (Wildman–Crippen LogP) is 0.916. The monoisotopic (exact) mass is 358 g/mol. The molecule has 2 rings (SSSR count). The summed E-state index contributed by atoms with van der Waals surface area (Å²) < 4.78 is 30.0. The highest BCUT2D eigenvalue weighted by atomic mass is 32.2. The third-order valence-corrected chi connectivity index (χ3v) is 5.44. The van der Waals surface area contributed by atoms with Gasteiger partial charge >= 0.3 is 5.97 Å². The molecule has 1 aromatic rings. The smallest absolute Gasteiger partial charge is 0.339 e. The van der Waals surface area contributed by atoms with Crippen molar-refractivity contribution in [1.29, 1.82) is 0 Å². The lowest BCUT2D eigenvalue weighted by atomic mass is 9.98. The summed E-state index contributed by atoms with van der Waals surface area (Å²) in [4.78, 5) is 25.0. The third kappa shape index (κ3) is 4.15. The molecule has 0 aromatic carbocycles. The molecule has 0 bridgehead atoms. The van der Waals surface area contributed by atoms with Gasteiger partial charge in [0, 0.05) is 20.1 Å². The molecule has 1 N–H and O–H groups in total. The molecular weight excluding hydrogens is 336 g/mol. The van der Waals surface area contributed by atoms with Crippen molar-refractivity contribution in [2.45, 2.75) is 26.3 Å². The molecule has 1 aliphatic rings. The maximum atomic E-state index is 12.5. The number of hydrogen-bond donors (Lipinski definition) is 1. The van der Waals surface area contributed by atoms with Crippen LogP contribution in [0, 0.1) is 12.8 Å². The number of amides is 1. The molecule has 1 aromatic heterocycles. The van der Waals surface area contributed by atoms with Crippen LogP contribution in [-0.2, 0) is 21.4 Å². The second-order valence-electron chi connectivity index (χ2n) is 6.14. The van der Waals surface area contributed by atoms with Gasteiger partial charge in [0.2, 0.25) is 15.9 Å². The molecule has 134 valence electrons. The molecule has 0 radical (unpaired) electrons. The molecule has 24 heavy (non-hydrogen) atoms. The summed E-state index contributed by atoms with van der Waals surface area (Å²) >= 11 is 0. The third-order valence-electron chi connectivity index (χ3n) is 4.17. The Morgan fingerprint density at radius 3 is 2.67 bits per heavy atom. The van der Waals surface area contributed by atoms with Gasteiger partial charge in [-0.05, 0) is 25.8 Å². The van der Waals surface area contributed by atoms with Crippen molar-refractivity contribution in [1.82, 2.24) is 9.21 Å². The first-order valence-corrected chi connectivity index (χ1v) is 9.47. The van der Waals surface area contributed by atoms with Gasteiger partial charge in [0.25, 0.3) is 0 Å². The summed E-state index contributed by atoms with van der Waals surface area (Å²) in [7, 11) is -1.71. The van der Waals surface area contributed by atoms with E-state index in [0.29, 0.717) is 30.9 Å². The molecular formula is C15H22N2O6S. The highest BCUT2D eigenvalue weighted by Crippen LogP contribution is 2.22. The average molecular weight is 358 g/mol. The number of aromatic carboxylic acids is 1. The van der Waals surface area contributed by atoms with E-state index in [1.165, 1.54) is 15.3 Å². The van der Waals surface area contributed by atoms with E-state index in [4.69, 9.17) is 9.52 Å². The number of furan rings is 1. The zero-order chi connectivity index (χ0) is 18.1. The normalized spacial score (nSPS) is 19.2. The minimum Gasteiger partial charge on any atom is -0.478 e. The van der Waals surface area contributed by atoms with E-state index in [1.54, 1.807) is 14.0 Å². The number of carbonyl (C=O) groups is 2. The van der Waals surface area contributed by atoms with Gasteiger partial charge in [-0.1, -0.05) is 0 Å². The predicted molar refractivity (Wildman–Crippen MR) is 86.0 cm³/mol. The van der Waals surface area contributed by atoms with Crippen molar-refractivity contribution >= 4 is 21.9 Å². The highest BCUT2D eigenvalue weighted by molar-refractivity contribution is 7.88. The van der Waals surface area contributed by atoms with Crippen LogP contribution in [0.3, 0.4) is 0 Å². The fourth-order valence-corrected chi connectivity index (χ4v) is 3.81. The molecule has 8 nitrogen and oxygen atoms in total. The van der Waals surface area contributed by atoms with Gasteiger partial charge in [-0.2, -0.15) is 0 Å². The standard InChI is InChI=1S/C15H22N2O6S/c1-10-13(15(19)20)7-12(23-10)9-16(2)14(18)11-5-4-6-17(8-11)24(3,21)22/h7,11H,4-6,8-9H2,1-3H3,(H,19,20)/t11-/m0/s1. The topological polar surface area (TPSA) is 108 Å². The first-order chi connectivity index (χ1) is 11.1. The number of carboxylic acid groups (broad SMARTS) is 1. The maximum absolute atomic E-state index is 12.5. The van der Waals surface area contributed by atoms with Crippen LogP contribution >= 0.6 is 0 Å². The fourth-order valence-electron chi connectivity index (χ4n) is 2.90. The first kappa shape index (κ1) is 18.5. The Hall–Kier alpha value is -1.87. The molecule has 1 saturated heterocycles. The lowest BCUT2D eigenvalue weighted by Crippen LogP contribution is -2.45. The summed E-state index contributed by atoms with van der Waals surface area (Å²) in [5, 5.41) is 9.03. The van der Waals surface area contributed by atoms with Gasteiger partial charge in [0.05, 0.1) is 18.7 Å². The van der Waals surface area contributed by atoms with Gasteiger partial charge in [-0.15, -0.1) is 0 Å². The van der Waals surface area contributed by atoms with Gasteiger partial charge in [-0.25, -0.2) is 17.5 Å². The lowest BCUT2D eigenvalue weighted by molar-refractivity contribution is -0.136. The van der Waals surface area contributed by atoms with Crippen LogP contribution < -0.4 is 0 Å². The molecule has 9 heteroatoms. The quantitative estimate of drug-likeness (QED) is 0.838. The van der Waals surface area contributed by atoms with Crippen molar-refractivity contribution in [2.75, 3.05) is 26.4 Å². The van der Waals surface area contributed by atoms with Crippen LogP contribution in [0.25, 0.3) is 0 Å². The average Bonchev–Trinajstić information content (AvgIpc) is 2.86. The van der Waals surface area contributed by atoms with Crippen molar-refractivity contribution < 1.29 is 27.5 Å². The van der Waals surface area contributed by atoms with E-state index < -0.39 is 21.9 Å². The van der Waals surface area contributed by atoms with Crippen LogP contribution in [-0.4, -0.2) is 61.0 Å². The molecule has 1 amide bonds. The van der Waals surface area contributed by atoms with E-state index in [9.17, 15) is 18.0 Å². The van der Waals surface area contributed by atoms with Crippen molar-refractivity contribution in [3.8, 4) is 0 Å². The lowest BCUT2D eigenvalue weighted by Gasteiger charge is -2.32. The maximum Gasteiger partial charge on any atom is 0.339 e. The molecule has 0 aliphatic carbocycles. The number of aryl methyl sites for hydroxylation is 1. The van der Waals surface area contributed by atoms with Gasteiger partial charge in [0.15, 0.2) is 0 Å². The fraction of sp³-hybridized carbons (Fsp3) is 0.600.